The molecule has 0 bridgehead atoms. The van der Waals surface area contributed by atoms with E-state index in [4.69, 9.17) is 15.2 Å². The van der Waals surface area contributed by atoms with Crippen molar-refractivity contribution in [2.75, 3.05) is 26.2 Å². The van der Waals surface area contributed by atoms with Crippen LogP contribution in [0, 0.1) is 0 Å². The molecule has 5 nitrogen and oxygen atoms in total. The third-order valence-electron chi connectivity index (χ3n) is 3.27. The number of likely N-dealkylation sites (N-methyl/N-ethyl adjacent to an activating group) is 1. The molecule has 1 aromatic carbocycles. The number of hydrogen-bond acceptors (Lipinski definition) is 4. The lowest BCUT2D eigenvalue weighted by Gasteiger charge is -2.23. The minimum absolute atomic E-state index is 0.0778. The number of anilines is 1. The predicted molar refractivity (Wildman–Crippen MR) is 69.1 cm³/mol. The molecular formula is C13H18N2O3. The van der Waals surface area contributed by atoms with E-state index in [-0.39, 0.29) is 5.91 Å². The Morgan fingerprint density at radius 2 is 2.00 bits per heavy atom. The van der Waals surface area contributed by atoms with Crippen LogP contribution in [0.3, 0.4) is 0 Å². The maximum absolute atomic E-state index is 12.2. The lowest BCUT2D eigenvalue weighted by molar-refractivity contribution is -0.120. The van der Waals surface area contributed by atoms with Gasteiger partial charge in [-0.25, -0.2) is 0 Å². The monoisotopic (exact) mass is 250 g/mol. The maximum Gasteiger partial charge on any atom is 0.246 e. The van der Waals surface area contributed by atoms with Crippen molar-refractivity contribution < 1.29 is 14.3 Å². The lowest BCUT2D eigenvalue weighted by Crippen LogP contribution is -2.44. The molecule has 0 heterocycles. The smallest absolute Gasteiger partial charge is 0.246 e. The van der Waals surface area contributed by atoms with E-state index in [1.807, 2.05) is 0 Å². The van der Waals surface area contributed by atoms with E-state index in [2.05, 4.69) is 0 Å². The molecule has 0 spiro atoms. The fraction of sp³-hybridized carbons (Fsp3) is 0.462. The van der Waals surface area contributed by atoms with Crippen LogP contribution in [0.4, 0.5) is 5.69 Å². The first-order valence-electron chi connectivity index (χ1n) is 5.81. The minimum Gasteiger partial charge on any atom is -0.497 e. The van der Waals surface area contributed by atoms with E-state index >= 15 is 0 Å². The van der Waals surface area contributed by atoms with E-state index in [0.717, 1.165) is 12.8 Å². The fourth-order valence-corrected chi connectivity index (χ4v) is 1.85. The lowest BCUT2D eigenvalue weighted by atomic mass is 10.2. The van der Waals surface area contributed by atoms with Crippen LogP contribution in [0.5, 0.6) is 11.5 Å². The van der Waals surface area contributed by atoms with Crippen LogP contribution < -0.4 is 20.1 Å². The molecule has 98 valence electrons. The second-order valence-corrected chi connectivity index (χ2v) is 4.56. The van der Waals surface area contributed by atoms with Crippen molar-refractivity contribution in [3.8, 4) is 11.5 Å². The highest BCUT2D eigenvalue weighted by molar-refractivity contribution is 6.02. The molecule has 1 aromatic rings. The summed E-state index contributed by atoms with van der Waals surface area (Å²) in [7, 11) is 4.86. The molecular weight excluding hydrogens is 232 g/mol. The highest BCUT2D eigenvalue weighted by atomic mass is 16.5. The standard InChI is InChI=1S/C13H18N2O3/c1-15(12(16)13(14)6-7-13)10-5-4-9(17-2)8-11(10)18-3/h4-5,8H,6-7,14H2,1-3H3. The van der Waals surface area contributed by atoms with Crippen molar-refractivity contribution in [1.29, 1.82) is 0 Å². The highest BCUT2D eigenvalue weighted by Gasteiger charge is 2.48. The topological polar surface area (TPSA) is 64.8 Å². The third kappa shape index (κ3) is 2.13. The fourth-order valence-electron chi connectivity index (χ4n) is 1.85. The van der Waals surface area contributed by atoms with Crippen molar-refractivity contribution in [1.82, 2.24) is 0 Å². The molecule has 1 amide bonds. The number of carbonyl (C=O) groups is 1. The number of benzene rings is 1. The molecule has 5 heteroatoms. The molecule has 18 heavy (non-hydrogen) atoms. The minimum atomic E-state index is -0.681. The van der Waals surface area contributed by atoms with Crippen LogP contribution in [0.2, 0.25) is 0 Å². The number of amides is 1. The van der Waals surface area contributed by atoms with Gasteiger partial charge in [-0.1, -0.05) is 0 Å². The van der Waals surface area contributed by atoms with Gasteiger partial charge in [0, 0.05) is 13.1 Å². The van der Waals surface area contributed by atoms with Gasteiger partial charge in [0.15, 0.2) is 0 Å². The van der Waals surface area contributed by atoms with E-state index in [9.17, 15) is 4.79 Å². The molecule has 0 unspecified atom stereocenters. The summed E-state index contributed by atoms with van der Waals surface area (Å²) in [5, 5.41) is 0. The van der Waals surface area contributed by atoms with Crippen LogP contribution in [0.25, 0.3) is 0 Å². The zero-order valence-corrected chi connectivity index (χ0v) is 10.9. The molecule has 1 saturated carbocycles. The Kier molecular flexibility index (Phi) is 3.17. The summed E-state index contributed by atoms with van der Waals surface area (Å²) in [5.41, 5.74) is 5.93. The molecule has 0 atom stereocenters. The van der Waals surface area contributed by atoms with Crippen molar-refractivity contribution in [2.45, 2.75) is 18.4 Å². The Morgan fingerprint density at radius 3 is 2.50 bits per heavy atom. The van der Waals surface area contributed by atoms with Gasteiger partial charge in [0.2, 0.25) is 5.91 Å². The van der Waals surface area contributed by atoms with Crippen LogP contribution in [0.15, 0.2) is 18.2 Å². The number of ether oxygens (including phenoxy) is 2. The summed E-state index contributed by atoms with van der Waals surface area (Å²) in [6, 6.07) is 5.33. The molecule has 0 saturated heterocycles. The highest BCUT2D eigenvalue weighted by Crippen LogP contribution is 2.38. The van der Waals surface area contributed by atoms with Gasteiger partial charge in [-0.15, -0.1) is 0 Å². The predicted octanol–water partition coefficient (Wildman–Crippen LogP) is 1.16. The van der Waals surface area contributed by atoms with Crippen LogP contribution in [0.1, 0.15) is 12.8 Å². The van der Waals surface area contributed by atoms with E-state index < -0.39 is 5.54 Å². The zero-order chi connectivity index (χ0) is 13.3. The Balaban J connectivity index is 2.29. The summed E-state index contributed by atoms with van der Waals surface area (Å²) in [6.45, 7) is 0. The van der Waals surface area contributed by atoms with E-state index in [0.29, 0.717) is 17.2 Å². The van der Waals surface area contributed by atoms with Gasteiger partial charge >= 0.3 is 0 Å². The van der Waals surface area contributed by atoms with Gasteiger partial charge in [-0.05, 0) is 25.0 Å². The van der Waals surface area contributed by atoms with Crippen molar-refractivity contribution in [3.05, 3.63) is 18.2 Å². The largest absolute Gasteiger partial charge is 0.497 e. The van der Waals surface area contributed by atoms with Crippen LogP contribution >= 0.6 is 0 Å². The summed E-state index contributed by atoms with van der Waals surface area (Å²) in [6.07, 6.45) is 1.49. The Morgan fingerprint density at radius 1 is 1.33 bits per heavy atom. The molecule has 2 N–H and O–H groups in total. The van der Waals surface area contributed by atoms with Crippen LogP contribution in [-0.2, 0) is 4.79 Å². The molecule has 1 aliphatic rings. The SMILES string of the molecule is COc1ccc(N(C)C(=O)C2(N)CC2)c(OC)c1. The molecule has 1 aliphatic carbocycles. The quantitative estimate of drug-likeness (QED) is 0.870. The normalized spacial score (nSPS) is 16.0. The summed E-state index contributed by atoms with van der Waals surface area (Å²) < 4.78 is 10.4. The van der Waals surface area contributed by atoms with Gasteiger partial charge < -0.3 is 20.1 Å². The second kappa shape index (κ2) is 4.49. The summed E-state index contributed by atoms with van der Waals surface area (Å²) >= 11 is 0. The number of carbonyl (C=O) groups excluding carboxylic acids is 1. The molecule has 0 radical (unpaired) electrons. The number of nitrogens with two attached hydrogens (primary N) is 1. The first kappa shape index (κ1) is 12.7. The Labute approximate surface area is 106 Å². The Hall–Kier alpha value is -1.75. The number of hydrogen-bond donors (Lipinski definition) is 1. The summed E-state index contributed by atoms with van der Waals surface area (Å²) in [5.74, 6) is 1.20. The number of methoxy groups -OCH3 is 2. The number of nitrogens with zero attached hydrogens (tertiary/aromatic N) is 1. The maximum atomic E-state index is 12.2. The Bertz CT molecular complexity index is 469. The number of rotatable bonds is 4. The van der Waals surface area contributed by atoms with Crippen molar-refractivity contribution >= 4 is 11.6 Å². The van der Waals surface area contributed by atoms with Gasteiger partial charge in [0.25, 0.3) is 0 Å². The van der Waals surface area contributed by atoms with Gasteiger partial charge in [-0.3, -0.25) is 4.79 Å². The van der Waals surface area contributed by atoms with Gasteiger partial charge in [0.05, 0.1) is 25.4 Å². The van der Waals surface area contributed by atoms with Crippen molar-refractivity contribution in [3.63, 3.8) is 0 Å². The van der Waals surface area contributed by atoms with Crippen LogP contribution in [-0.4, -0.2) is 32.7 Å². The average molecular weight is 250 g/mol. The first-order chi connectivity index (χ1) is 8.51. The van der Waals surface area contributed by atoms with E-state index in [1.165, 1.54) is 0 Å². The van der Waals surface area contributed by atoms with Crippen molar-refractivity contribution in [2.24, 2.45) is 5.73 Å². The van der Waals surface area contributed by atoms with E-state index in [1.54, 1.807) is 44.4 Å². The third-order valence-corrected chi connectivity index (χ3v) is 3.27. The average Bonchev–Trinajstić information content (AvgIpc) is 3.15. The second-order valence-electron chi connectivity index (χ2n) is 4.56. The van der Waals surface area contributed by atoms with Gasteiger partial charge in [-0.2, -0.15) is 0 Å². The molecule has 1 fully saturated rings. The zero-order valence-electron chi connectivity index (χ0n) is 10.9. The molecule has 2 rings (SSSR count). The summed E-state index contributed by atoms with van der Waals surface area (Å²) in [4.78, 5) is 13.7. The molecule has 0 aromatic heterocycles. The van der Waals surface area contributed by atoms with Gasteiger partial charge in [0.1, 0.15) is 11.5 Å². The first-order valence-corrected chi connectivity index (χ1v) is 5.81. The molecule has 0 aliphatic heterocycles.